The number of fused-ring (bicyclic) bond motifs is 3. The second-order valence-electron chi connectivity index (χ2n) is 15.8. The van der Waals surface area contributed by atoms with Crippen molar-refractivity contribution in [1.29, 1.82) is 0 Å². The van der Waals surface area contributed by atoms with Crippen LogP contribution in [0.1, 0.15) is 92.7 Å². The number of Topliss-reactive ketones (excluding diaryl/α,β-unsaturated/α-hetero) is 1. The van der Waals surface area contributed by atoms with Crippen molar-refractivity contribution >= 4 is 67.4 Å². The van der Waals surface area contributed by atoms with E-state index in [4.69, 9.17) is 14.2 Å². The van der Waals surface area contributed by atoms with Crippen LogP contribution in [0.3, 0.4) is 0 Å². The van der Waals surface area contributed by atoms with Crippen LogP contribution in [0.5, 0.6) is 0 Å². The molecule has 6 atom stereocenters. The first kappa shape index (κ1) is 49.3. The number of aliphatic hydroxyl groups excluding tert-OH is 1. The number of hydrogen-bond acceptors (Lipinski definition) is 10. The van der Waals surface area contributed by atoms with E-state index in [9.17, 15) is 33.9 Å². The normalized spacial score (nSPS) is 21.6. The molecule has 2 unspecified atom stereocenters. The quantitative estimate of drug-likeness (QED) is 0.160. The second-order valence-corrected chi connectivity index (χ2v) is 17.6. The van der Waals surface area contributed by atoms with Crippen molar-refractivity contribution in [2.24, 2.45) is 11.8 Å². The molecule has 1 saturated carbocycles. The molecule has 12 nitrogen and oxygen atoms in total. The number of ketones is 1. The molecule has 330 valence electrons. The number of amides is 2. The van der Waals surface area contributed by atoms with Crippen molar-refractivity contribution in [3.63, 3.8) is 0 Å². The number of rotatable bonds is 10. The van der Waals surface area contributed by atoms with Crippen LogP contribution >= 0.6 is 31.9 Å². The lowest BCUT2D eigenvalue weighted by molar-refractivity contribution is -0.152. The van der Waals surface area contributed by atoms with E-state index in [1.807, 2.05) is 67.6 Å². The molecule has 2 saturated heterocycles. The molecule has 3 aromatic carbocycles. The van der Waals surface area contributed by atoms with Crippen LogP contribution in [-0.4, -0.2) is 96.5 Å². The standard InChI is InChI=1S/C18H24O4.C14H14BrNO3.C14H16BrNO3.CH4/c1-12-3-5-13(6-4-12)9-15(18(21)22-2)11-17(20)14-7-8-16(19)10-14;1-19-14(18)12-5-4-11-10-7-9(15)3-2-8(10)6-13(17)16(11)12;1-19-14(18)12-3-2-8-16(12)13(17)9-10-4-6-11(15)7-5-10;/h3-6,14-16,19H,7-11H2,1-2H3;2-3,7,11-12H,4-6H2,1H3;4-7,12H,2-3,8-9H2,1H3;1H4/t14-,15-,16?;11?,12-;12-;/m100./s1. The number of ether oxygens (including phenoxy) is 3. The first-order valence-electron chi connectivity index (χ1n) is 20.4. The van der Waals surface area contributed by atoms with Crippen LogP contribution in [-0.2, 0) is 62.2 Å². The molecule has 0 bridgehead atoms. The molecular weight excluding hydrogens is 912 g/mol. The third-order valence-corrected chi connectivity index (χ3v) is 12.7. The Morgan fingerprint density at radius 1 is 0.787 bits per heavy atom. The van der Waals surface area contributed by atoms with Gasteiger partial charge < -0.3 is 29.1 Å². The van der Waals surface area contributed by atoms with E-state index < -0.39 is 18.0 Å². The Kier molecular flexibility index (Phi) is 18.7. The van der Waals surface area contributed by atoms with Gasteiger partial charge in [-0.2, -0.15) is 0 Å². The van der Waals surface area contributed by atoms with Gasteiger partial charge in [-0.1, -0.05) is 87.3 Å². The summed E-state index contributed by atoms with van der Waals surface area (Å²) >= 11 is 6.82. The Bertz CT molecular complexity index is 2000. The van der Waals surface area contributed by atoms with Gasteiger partial charge in [-0.25, -0.2) is 9.59 Å². The van der Waals surface area contributed by atoms with Gasteiger partial charge in [0.15, 0.2) is 0 Å². The van der Waals surface area contributed by atoms with E-state index in [1.54, 1.807) is 9.80 Å². The molecular formula is C47H58Br2N2O10. The van der Waals surface area contributed by atoms with Gasteiger partial charge in [0.05, 0.1) is 52.2 Å². The summed E-state index contributed by atoms with van der Waals surface area (Å²) in [6.45, 7) is 2.64. The topological polar surface area (TPSA) is 157 Å². The van der Waals surface area contributed by atoms with Crippen LogP contribution < -0.4 is 0 Å². The SMILES string of the molecule is C.COC(=O)[C@@H](CC(=O)[C@@H]1CCC(O)C1)Cc1ccc(C)cc1.COC(=O)[C@@H]1CCC2c3cc(Br)ccc3CC(=O)N21.COC(=O)[C@@H]1CCCN1C(=O)Cc1ccc(Br)cc1. The molecule has 0 spiro atoms. The fourth-order valence-electron chi connectivity index (χ4n) is 8.52. The molecule has 3 fully saturated rings. The number of likely N-dealkylation sites (tertiary alicyclic amines) is 1. The highest BCUT2D eigenvalue weighted by molar-refractivity contribution is 9.10. The van der Waals surface area contributed by atoms with E-state index in [1.165, 1.54) is 21.3 Å². The summed E-state index contributed by atoms with van der Waals surface area (Å²) in [7, 11) is 4.08. The second kappa shape index (κ2) is 23.2. The largest absolute Gasteiger partial charge is 0.469 e. The summed E-state index contributed by atoms with van der Waals surface area (Å²) in [6, 6.07) is 20.8. The smallest absolute Gasteiger partial charge is 0.328 e. The summed E-state index contributed by atoms with van der Waals surface area (Å²) in [5.74, 6) is -1.46. The monoisotopic (exact) mass is 968 g/mol. The summed E-state index contributed by atoms with van der Waals surface area (Å²) in [6.07, 6.45) is 5.98. The van der Waals surface area contributed by atoms with Crippen molar-refractivity contribution in [1.82, 2.24) is 9.80 Å². The minimum Gasteiger partial charge on any atom is -0.469 e. The number of hydrogen-bond donors (Lipinski definition) is 1. The Morgan fingerprint density at radius 2 is 1.43 bits per heavy atom. The van der Waals surface area contributed by atoms with E-state index in [-0.39, 0.29) is 67.4 Å². The fourth-order valence-corrected chi connectivity index (χ4v) is 9.16. The maximum absolute atomic E-state index is 12.3. The van der Waals surface area contributed by atoms with Gasteiger partial charge in [-0.3, -0.25) is 19.2 Å². The van der Waals surface area contributed by atoms with Gasteiger partial charge in [-0.15, -0.1) is 0 Å². The van der Waals surface area contributed by atoms with Crippen LogP contribution in [0.2, 0.25) is 0 Å². The Morgan fingerprint density at radius 3 is 2.05 bits per heavy atom. The van der Waals surface area contributed by atoms with Crippen molar-refractivity contribution < 1.29 is 48.1 Å². The first-order chi connectivity index (χ1) is 28.7. The minimum absolute atomic E-state index is 0. The van der Waals surface area contributed by atoms with Crippen molar-refractivity contribution in [2.75, 3.05) is 27.9 Å². The predicted molar refractivity (Wildman–Crippen MR) is 237 cm³/mol. The van der Waals surface area contributed by atoms with Gasteiger partial charge >= 0.3 is 17.9 Å². The first-order valence-corrected chi connectivity index (χ1v) is 21.9. The highest BCUT2D eigenvalue weighted by atomic mass is 79.9. The van der Waals surface area contributed by atoms with Crippen LogP contribution in [0.15, 0.2) is 75.7 Å². The minimum atomic E-state index is -0.446. The highest BCUT2D eigenvalue weighted by Crippen LogP contribution is 2.42. The molecule has 3 aromatic rings. The molecule has 0 aromatic heterocycles. The summed E-state index contributed by atoms with van der Waals surface area (Å²) < 4.78 is 16.4. The molecule has 7 rings (SSSR count). The van der Waals surface area contributed by atoms with Crippen molar-refractivity contribution in [2.45, 2.75) is 109 Å². The van der Waals surface area contributed by atoms with E-state index in [0.717, 1.165) is 56.0 Å². The highest BCUT2D eigenvalue weighted by Gasteiger charge is 2.45. The van der Waals surface area contributed by atoms with E-state index in [2.05, 4.69) is 37.9 Å². The predicted octanol–water partition coefficient (Wildman–Crippen LogP) is 7.45. The lowest BCUT2D eigenvalue weighted by Gasteiger charge is -2.34. The molecule has 14 heteroatoms. The van der Waals surface area contributed by atoms with Crippen LogP contribution in [0.4, 0.5) is 0 Å². The van der Waals surface area contributed by atoms with E-state index >= 15 is 0 Å². The molecule has 4 aliphatic rings. The Balaban J connectivity index is 0.000000200. The number of aliphatic hydroxyl groups is 1. The van der Waals surface area contributed by atoms with Gasteiger partial charge in [0.25, 0.3) is 0 Å². The zero-order valence-electron chi connectivity index (χ0n) is 34.6. The third-order valence-electron chi connectivity index (χ3n) is 11.7. The fraction of sp³-hybridized carbons (Fsp3) is 0.489. The maximum Gasteiger partial charge on any atom is 0.328 e. The molecule has 3 aliphatic heterocycles. The molecule has 61 heavy (non-hydrogen) atoms. The number of carbonyl (C=O) groups excluding carboxylic acids is 6. The Labute approximate surface area is 375 Å². The van der Waals surface area contributed by atoms with Crippen molar-refractivity contribution in [3.05, 3.63) is 103 Å². The third kappa shape index (κ3) is 13.1. The summed E-state index contributed by atoms with van der Waals surface area (Å²) in [4.78, 5) is 75.5. The molecule has 2 amide bonds. The van der Waals surface area contributed by atoms with E-state index in [0.29, 0.717) is 51.5 Å². The molecule has 0 radical (unpaired) electrons. The van der Waals surface area contributed by atoms with Gasteiger partial charge in [0.1, 0.15) is 17.9 Å². The average Bonchev–Trinajstić information content (AvgIpc) is 4.03. The van der Waals surface area contributed by atoms with Crippen LogP contribution in [0, 0.1) is 18.8 Å². The number of nitrogens with zero attached hydrogens (tertiary/aromatic N) is 2. The van der Waals surface area contributed by atoms with Gasteiger partial charge in [0, 0.05) is 27.8 Å². The number of carbonyl (C=O) groups is 6. The molecule has 3 heterocycles. The Hall–Kier alpha value is -4.40. The number of halogens is 2. The number of methoxy groups -OCH3 is 3. The summed E-state index contributed by atoms with van der Waals surface area (Å²) in [5, 5.41) is 9.56. The lowest BCUT2D eigenvalue weighted by atomic mass is 9.89. The van der Waals surface area contributed by atoms with Gasteiger partial charge in [-0.05, 0) is 105 Å². The zero-order valence-corrected chi connectivity index (χ0v) is 37.7. The maximum atomic E-state index is 12.3. The van der Waals surface area contributed by atoms with Crippen molar-refractivity contribution in [3.8, 4) is 0 Å². The average molecular weight is 971 g/mol. The zero-order chi connectivity index (χ0) is 43.5. The molecule has 1 aliphatic carbocycles. The molecule has 1 N–H and O–H groups in total. The number of aryl methyl sites for hydroxylation is 1. The lowest BCUT2D eigenvalue weighted by Crippen LogP contribution is -2.45. The van der Waals surface area contributed by atoms with Crippen LogP contribution in [0.25, 0.3) is 0 Å². The summed E-state index contributed by atoms with van der Waals surface area (Å²) in [5.41, 5.74) is 5.36. The number of esters is 3. The number of benzene rings is 3. The van der Waals surface area contributed by atoms with Gasteiger partial charge in [0.2, 0.25) is 11.8 Å².